The van der Waals surface area contributed by atoms with Crippen molar-refractivity contribution in [1.29, 1.82) is 0 Å². The summed E-state index contributed by atoms with van der Waals surface area (Å²) in [6.45, 7) is 2.42. The van der Waals surface area contributed by atoms with Gasteiger partial charge in [0.2, 0.25) is 18.2 Å². The van der Waals surface area contributed by atoms with Gasteiger partial charge in [-0.2, -0.15) is 18.3 Å². The van der Waals surface area contributed by atoms with E-state index in [4.69, 9.17) is 4.79 Å². The zero-order chi connectivity index (χ0) is 38.3. The van der Waals surface area contributed by atoms with E-state index in [9.17, 15) is 48.7 Å². The minimum Gasteiger partial charge on any atom is -0.372 e. The average Bonchev–Trinajstić information content (AvgIpc) is 3.34. The number of carbonyl (C=O) groups is 2. The largest absolute Gasteiger partial charge is 0.435 e. The topological polar surface area (TPSA) is 103 Å². The molecule has 51 heavy (non-hydrogen) atoms. The molecule has 1 aliphatic rings. The number of primary amides is 1. The zero-order valence-electron chi connectivity index (χ0n) is 27.4. The summed E-state index contributed by atoms with van der Waals surface area (Å²) in [5, 5.41) is 6.12. The molecule has 1 atom stereocenters. The first-order valence-corrected chi connectivity index (χ1v) is 15.1. The molecule has 0 radical (unpaired) electrons. The molecule has 7 nitrogen and oxygen atoms in total. The van der Waals surface area contributed by atoms with Gasteiger partial charge in [0.1, 0.15) is 24.0 Å². The molecule has 2 heterocycles. The third kappa shape index (κ3) is 11.8. The van der Waals surface area contributed by atoms with E-state index in [1.54, 1.807) is 25.1 Å². The molecule has 1 unspecified atom stereocenters. The van der Waals surface area contributed by atoms with Gasteiger partial charge in [0, 0.05) is 35.5 Å². The summed E-state index contributed by atoms with van der Waals surface area (Å²) in [6.07, 6.45) is -5.81. The van der Waals surface area contributed by atoms with E-state index in [1.807, 2.05) is 0 Å². The Morgan fingerprint density at radius 2 is 1.65 bits per heavy atom. The zero-order valence-corrected chi connectivity index (χ0v) is 27.4. The number of nitrogens with one attached hydrogen (secondary N) is 1. The Balaban J connectivity index is 0.000000795. The van der Waals surface area contributed by atoms with E-state index in [1.165, 1.54) is 18.3 Å². The second kappa shape index (κ2) is 16.4. The molecule has 0 spiro atoms. The van der Waals surface area contributed by atoms with Crippen LogP contribution >= 0.6 is 0 Å². The van der Waals surface area contributed by atoms with Gasteiger partial charge in [-0.05, 0) is 80.6 Å². The molecule has 0 saturated heterocycles. The summed E-state index contributed by atoms with van der Waals surface area (Å²) in [4.78, 5) is 26.3. The van der Waals surface area contributed by atoms with Gasteiger partial charge in [0.05, 0.1) is 18.2 Å². The number of hydrogen-bond acceptors (Lipinski definition) is 4. The highest BCUT2D eigenvalue weighted by Crippen LogP contribution is 2.40. The summed E-state index contributed by atoms with van der Waals surface area (Å²) in [5.74, 6) is -8.88. The molecule has 0 saturated carbocycles. The van der Waals surface area contributed by atoms with Crippen molar-refractivity contribution in [2.75, 3.05) is 0 Å². The van der Waals surface area contributed by atoms with Crippen LogP contribution in [0.1, 0.15) is 60.1 Å². The molecule has 0 bridgehead atoms. The van der Waals surface area contributed by atoms with Crippen molar-refractivity contribution in [2.24, 2.45) is 5.73 Å². The SMILES string of the molecule is CC(C)(F)F.Cc1cc(-c2cccnc2C(Cc2cc(F)cc(F)c2)NC(=O)Cn2nc(C(F)(F)F)c3c2CC(F)(F)CC3)ccc1F.NC=O. The summed E-state index contributed by atoms with van der Waals surface area (Å²) < 4.78 is 134. The van der Waals surface area contributed by atoms with Crippen LogP contribution in [-0.4, -0.2) is 38.9 Å². The molecule has 276 valence electrons. The summed E-state index contributed by atoms with van der Waals surface area (Å²) in [6, 6.07) is 9.18. The fourth-order valence-corrected chi connectivity index (χ4v) is 5.30. The Bertz CT molecular complexity index is 1810. The molecule has 4 aromatic rings. The Labute approximate surface area is 285 Å². The van der Waals surface area contributed by atoms with Crippen LogP contribution in [0, 0.1) is 24.4 Å². The van der Waals surface area contributed by atoms with E-state index in [2.05, 4.69) is 21.1 Å². The van der Waals surface area contributed by atoms with Gasteiger partial charge < -0.3 is 11.1 Å². The van der Waals surface area contributed by atoms with Gasteiger partial charge in [0.15, 0.2) is 5.69 Å². The van der Waals surface area contributed by atoms with Crippen LogP contribution in [0.15, 0.2) is 54.7 Å². The smallest absolute Gasteiger partial charge is 0.372 e. The molecular weight excluding hydrogens is 700 g/mol. The summed E-state index contributed by atoms with van der Waals surface area (Å²) in [7, 11) is 0. The molecule has 1 aliphatic carbocycles. The number of nitrogens with two attached hydrogens (primary N) is 1. The van der Waals surface area contributed by atoms with Gasteiger partial charge in [-0.1, -0.05) is 12.1 Å². The number of pyridine rings is 1. The minimum atomic E-state index is -4.92. The van der Waals surface area contributed by atoms with Crippen LogP contribution in [0.5, 0.6) is 0 Å². The van der Waals surface area contributed by atoms with Gasteiger partial charge >= 0.3 is 6.18 Å². The standard InChI is InChI=1S/C30H24F8N4O.C3H6F2.CH3NO/c1-16-9-18(4-5-23(16)33)21-3-2-8-39-27(21)24(12-17-10-19(31)13-20(32)11-17)40-26(43)15-42-25-14-29(34,35)7-6-22(25)28(41-42)30(36,37)38;1-3(2,4)5;2-1-3/h2-5,8-11,13,24H,6-7,12,14-15H2,1H3,(H,40,43);1-2H3;1H,(H2,2,3). The first-order chi connectivity index (χ1) is 23.6. The number of alkyl halides is 7. The maximum absolute atomic E-state index is 14.2. The molecule has 2 aromatic heterocycles. The number of rotatable bonds is 7. The molecular formula is C34H33F10N5O2. The van der Waals surface area contributed by atoms with Gasteiger partial charge in [-0.15, -0.1) is 0 Å². The van der Waals surface area contributed by atoms with Gasteiger partial charge in [0.25, 0.3) is 5.92 Å². The molecule has 2 amide bonds. The van der Waals surface area contributed by atoms with Gasteiger partial charge in [-0.3, -0.25) is 19.3 Å². The Kier molecular flexibility index (Phi) is 13.0. The number of fused-ring (bicyclic) bond motifs is 1. The number of amides is 2. The summed E-state index contributed by atoms with van der Waals surface area (Å²) >= 11 is 0. The fourth-order valence-electron chi connectivity index (χ4n) is 5.30. The van der Waals surface area contributed by atoms with Crippen LogP contribution < -0.4 is 11.1 Å². The van der Waals surface area contributed by atoms with E-state index >= 15 is 0 Å². The highest BCUT2D eigenvalue weighted by atomic mass is 19.4. The van der Waals surface area contributed by atoms with E-state index in [0.717, 1.165) is 26.0 Å². The Hall–Kier alpha value is -4.96. The number of benzene rings is 2. The highest BCUT2D eigenvalue weighted by Gasteiger charge is 2.45. The van der Waals surface area contributed by atoms with E-state index in [0.29, 0.717) is 27.4 Å². The van der Waals surface area contributed by atoms with Crippen LogP contribution in [-0.2, 0) is 41.6 Å². The predicted octanol–water partition coefficient (Wildman–Crippen LogP) is 7.68. The van der Waals surface area contributed by atoms with Gasteiger partial charge in [-0.25, -0.2) is 30.7 Å². The highest BCUT2D eigenvalue weighted by molar-refractivity contribution is 5.77. The fraction of sp³-hybridized carbons (Fsp3) is 0.353. The maximum atomic E-state index is 14.2. The summed E-state index contributed by atoms with van der Waals surface area (Å²) in [5.41, 5.74) is 3.71. The number of aryl methyl sites for hydroxylation is 1. The molecule has 0 aliphatic heterocycles. The van der Waals surface area contributed by atoms with Crippen molar-refractivity contribution in [3.8, 4) is 11.1 Å². The normalized spacial score (nSPS) is 14.2. The third-order valence-electron chi connectivity index (χ3n) is 7.23. The van der Waals surface area contributed by atoms with Crippen LogP contribution in [0.2, 0.25) is 0 Å². The van der Waals surface area contributed by atoms with Crippen LogP contribution in [0.25, 0.3) is 11.1 Å². The second-order valence-electron chi connectivity index (χ2n) is 11.9. The number of hydrogen-bond donors (Lipinski definition) is 2. The number of nitrogens with zero attached hydrogens (tertiary/aromatic N) is 3. The van der Waals surface area contributed by atoms with E-state index in [-0.39, 0.29) is 35.3 Å². The Morgan fingerprint density at radius 3 is 2.22 bits per heavy atom. The second-order valence-corrected chi connectivity index (χ2v) is 11.9. The third-order valence-corrected chi connectivity index (χ3v) is 7.23. The Morgan fingerprint density at radius 1 is 1.04 bits per heavy atom. The maximum Gasteiger partial charge on any atom is 0.435 e. The lowest BCUT2D eigenvalue weighted by Crippen LogP contribution is -2.35. The minimum absolute atomic E-state index is 0.130. The van der Waals surface area contributed by atoms with Crippen molar-refractivity contribution < 1.29 is 53.5 Å². The van der Waals surface area contributed by atoms with Crippen LogP contribution in [0.4, 0.5) is 43.9 Å². The quantitative estimate of drug-likeness (QED) is 0.150. The van der Waals surface area contributed by atoms with E-state index < -0.39 is 78.9 Å². The van der Waals surface area contributed by atoms with Crippen molar-refractivity contribution in [1.82, 2.24) is 20.1 Å². The average molecular weight is 734 g/mol. The number of aromatic nitrogens is 3. The van der Waals surface area contributed by atoms with Crippen molar-refractivity contribution >= 4 is 12.3 Å². The van der Waals surface area contributed by atoms with Crippen LogP contribution in [0.3, 0.4) is 0 Å². The lowest BCUT2D eigenvalue weighted by atomic mass is 9.92. The molecule has 17 heteroatoms. The molecule has 0 fully saturated rings. The lowest BCUT2D eigenvalue weighted by molar-refractivity contribution is -0.142. The monoisotopic (exact) mass is 733 g/mol. The number of halogens is 10. The molecule has 5 rings (SSSR count). The number of carbonyl (C=O) groups excluding carboxylic acids is 2. The first-order valence-electron chi connectivity index (χ1n) is 15.1. The van der Waals surface area contributed by atoms with Crippen molar-refractivity contribution in [3.05, 3.63) is 106 Å². The predicted molar refractivity (Wildman–Crippen MR) is 166 cm³/mol. The lowest BCUT2D eigenvalue weighted by Gasteiger charge is -2.24. The molecule has 2 aromatic carbocycles. The van der Waals surface area contributed by atoms with Crippen molar-refractivity contribution in [3.63, 3.8) is 0 Å². The first kappa shape index (κ1) is 40.5. The molecule has 3 N–H and O–H groups in total. The van der Waals surface area contributed by atoms with Crippen molar-refractivity contribution in [2.45, 2.75) is 77.1 Å².